The Labute approximate surface area is 176 Å². The Bertz CT molecular complexity index is 1000. The number of amides is 3. The van der Waals surface area contributed by atoms with E-state index in [4.69, 9.17) is 0 Å². The SMILES string of the molecule is C=CCNS(=O)(=O)Cc1ccc(NC(=O)c2ccccc2NC(=O)NC(C)C)cc1. The van der Waals surface area contributed by atoms with Gasteiger partial charge in [0.05, 0.1) is 17.0 Å². The van der Waals surface area contributed by atoms with E-state index in [-0.39, 0.29) is 18.3 Å². The molecule has 2 rings (SSSR count). The lowest BCUT2D eigenvalue weighted by Gasteiger charge is -2.14. The zero-order valence-electron chi connectivity index (χ0n) is 16.9. The summed E-state index contributed by atoms with van der Waals surface area (Å²) in [6.07, 6.45) is 1.47. The highest BCUT2D eigenvalue weighted by Crippen LogP contribution is 2.18. The maximum Gasteiger partial charge on any atom is 0.319 e. The first kappa shape index (κ1) is 23.1. The first-order valence-electron chi connectivity index (χ1n) is 9.35. The molecule has 2 aromatic rings. The van der Waals surface area contributed by atoms with Crippen molar-refractivity contribution in [2.45, 2.75) is 25.6 Å². The van der Waals surface area contributed by atoms with Crippen molar-refractivity contribution in [2.24, 2.45) is 0 Å². The van der Waals surface area contributed by atoms with Gasteiger partial charge in [0.2, 0.25) is 10.0 Å². The Morgan fingerprint density at radius 2 is 1.70 bits per heavy atom. The van der Waals surface area contributed by atoms with E-state index in [0.29, 0.717) is 22.5 Å². The molecule has 0 aliphatic rings. The molecule has 0 heterocycles. The largest absolute Gasteiger partial charge is 0.336 e. The molecule has 2 aromatic carbocycles. The maximum absolute atomic E-state index is 12.7. The second-order valence-electron chi connectivity index (χ2n) is 6.85. The molecule has 9 heteroatoms. The third kappa shape index (κ3) is 7.34. The molecular formula is C21H26N4O4S. The summed E-state index contributed by atoms with van der Waals surface area (Å²) in [4.78, 5) is 24.6. The summed E-state index contributed by atoms with van der Waals surface area (Å²) in [6.45, 7) is 7.31. The van der Waals surface area contributed by atoms with E-state index in [1.807, 2.05) is 13.8 Å². The van der Waals surface area contributed by atoms with Crippen LogP contribution in [0.5, 0.6) is 0 Å². The Morgan fingerprint density at radius 1 is 1.03 bits per heavy atom. The van der Waals surface area contributed by atoms with Gasteiger partial charge in [0.15, 0.2) is 0 Å². The highest BCUT2D eigenvalue weighted by Gasteiger charge is 2.14. The van der Waals surface area contributed by atoms with Crippen LogP contribution in [0.4, 0.5) is 16.2 Å². The molecule has 0 aliphatic heterocycles. The standard InChI is InChI=1S/C21H26N4O4S/c1-4-13-22-30(28,29)14-16-9-11-17(12-10-16)24-20(26)18-7-5-6-8-19(18)25-21(27)23-15(2)3/h4-12,15,22H,1,13-14H2,2-3H3,(H,24,26)(H2,23,25,27). The smallest absolute Gasteiger partial charge is 0.319 e. The van der Waals surface area contributed by atoms with Gasteiger partial charge in [-0.05, 0) is 43.7 Å². The van der Waals surface area contributed by atoms with Crippen LogP contribution in [0.25, 0.3) is 0 Å². The van der Waals surface area contributed by atoms with Crippen LogP contribution >= 0.6 is 0 Å². The monoisotopic (exact) mass is 430 g/mol. The van der Waals surface area contributed by atoms with Gasteiger partial charge in [0.25, 0.3) is 5.91 Å². The first-order valence-corrected chi connectivity index (χ1v) is 11.0. The number of hydrogen-bond acceptors (Lipinski definition) is 4. The fraction of sp³-hybridized carbons (Fsp3) is 0.238. The molecule has 0 saturated heterocycles. The van der Waals surface area contributed by atoms with Gasteiger partial charge in [0, 0.05) is 18.3 Å². The fourth-order valence-corrected chi connectivity index (χ4v) is 3.65. The molecule has 8 nitrogen and oxygen atoms in total. The molecule has 30 heavy (non-hydrogen) atoms. The third-order valence-electron chi connectivity index (χ3n) is 3.86. The normalized spacial score (nSPS) is 11.0. The number of carbonyl (C=O) groups excluding carboxylic acids is 2. The fourth-order valence-electron chi connectivity index (χ4n) is 2.55. The Hall–Kier alpha value is -3.17. The molecule has 0 aromatic heterocycles. The van der Waals surface area contributed by atoms with E-state index < -0.39 is 22.0 Å². The summed E-state index contributed by atoms with van der Waals surface area (Å²) in [6, 6.07) is 12.7. The number of anilines is 2. The quantitative estimate of drug-likeness (QED) is 0.458. The molecule has 0 radical (unpaired) electrons. The van der Waals surface area contributed by atoms with Gasteiger partial charge in [-0.3, -0.25) is 4.79 Å². The summed E-state index contributed by atoms with van der Waals surface area (Å²) < 4.78 is 26.3. The Morgan fingerprint density at radius 3 is 2.33 bits per heavy atom. The number of sulfonamides is 1. The topological polar surface area (TPSA) is 116 Å². The van der Waals surface area contributed by atoms with E-state index in [1.54, 1.807) is 48.5 Å². The van der Waals surface area contributed by atoms with Crippen LogP contribution in [0.1, 0.15) is 29.8 Å². The van der Waals surface area contributed by atoms with Crippen LogP contribution in [-0.2, 0) is 15.8 Å². The Balaban J connectivity index is 2.06. The number of rotatable bonds is 9. The molecule has 3 amide bonds. The van der Waals surface area contributed by atoms with Gasteiger partial charge >= 0.3 is 6.03 Å². The Kier molecular flexibility index (Phi) is 8.14. The minimum atomic E-state index is -3.46. The summed E-state index contributed by atoms with van der Waals surface area (Å²) in [5, 5.41) is 8.12. The third-order valence-corrected chi connectivity index (χ3v) is 5.18. The van der Waals surface area contributed by atoms with Gasteiger partial charge in [-0.1, -0.05) is 30.3 Å². The molecule has 0 atom stereocenters. The molecule has 0 aliphatic carbocycles. The zero-order valence-corrected chi connectivity index (χ0v) is 17.8. The lowest BCUT2D eigenvalue weighted by atomic mass is 10.1. The molecule has 160 valence electrons. The number of urea groups is 1. The van der Waals surface area contributed by atoms with Gasteiger partial charge in [-0.2, -0.15) is 0 Å². The lowest BCUT2D eigenvalue weighted by Crippen LogP contribution is -2.34. The van der Waals surface area contributed by atoms with Crippen molar-refractivity contribution in [3.05, 3.63) is 72.3 Å². The summed E-state index contributed by atoms with van der Waals surface area (Å²) in [5.74, 6) is -0.573. The minimum absolute atomic E-state index is 0.0414. The van der Waals surface area contributed by atoms with E-state index in [9.17, 15) is 18.0 Å². The van der Waals surface area contributed by atoms with Crippen LogP contribution in [0.15, 0.2) is 61.2 Å². The molecule has 0 saturated carbocycles. The summed E-state index contributed by atoms with van der Waals surface area (Å²) in [7, 11) is -3.46. The van der Waals surface area contributed by atoms with Crippen molar-refractivity contribution in [1.82, 2.24) is 10.0 Å². The van der Waals surface area contributed by atoms with Crippen LogP contribution in [-0.4, -0.2) is 32.9 Å². The lowest BCUT2D eigenvalue weighted by molar-refractivity contribution is 0.102. The molecule has 0 unspecified atom stereocenters. The van der Waals surface area contributed by atoms with Gasteiger partial charge in [-0.25, -0.2) is 17.9 Å². The summed E-state index contributed by atoms with van der Waals surface area (Å²) >= 11 is 0. The van der Waals surface area contributed by atoms with Crippen molar-refractivity contribution in [2.75, 3.05) is 17.2 Å². The minimum Gasteiger partial charge on any atom is -0.336 e. The molecular weight excluding hydrogens is 404 g/mol. The second kappa shape index (κ2) is 10.6. The van der Waals surface area contributed by atoms with Crippen LogP contribution in [0.2, 0.25) is 0 Å². The van der Waals surface area contributed by atoms with E-state index >= 15 is 0 Å². The number of para-hydroxylation sites is 1. The average Bonchev–Trinajstić information content (AvgIpc) is 2.67. The summed E-state index contributed by atoms with van der Waals surface area (Å²) in [5.41, 5.74) is 1.76. The highest BCUT2D eigenvalue weighted by molar-refractivity contribution is 7.88. The first-order chi connectivity index (χ1) is 14.2. The predicted molar refractivity (Wildman–Crippen MR) is 119 cm³/mol. The van der Waals surface area contributed by atoms with Crippen LogP contribution < -0.4 is 20.7 Å². The van der Waals surface area contributed by atoms with Crippen molar-refractivity contribution in [1.29, 1.82) is 0 Å². The van der Waals surface area contributed by atoms with Gasteiger partial charge in [0.1, 0.15) is 0 Å². The van der Waals surface area contributed by atoms with Crippen molar-refractivity contribution >= 4 is 33.3 Å². The molecule has 0 spiro atoms. The van der Waals surface area contributed by atoms with Crippen molar-refractivity contribution in [3.8, 4) is 0 Å². The molecule has 4 N–H and O–H groups in total. The highest BCUT2D eigenvalue weighted by atomic mass is 32.2. The zero-order chi connectivity index (χ0) is 22.1. The van der Waals surface area contributed by atoms with E-state index in [2.05, 4.69) is 27.3 Å². The van der Waals surface area contributed by atoms with E-state index in [1.165, 1.54) is 6.08 Å². The maximum atomic E-state index is 12.7. The van der Waals surface area contributed by atoms with Crippen LogP contribution in [0, 0.1) is 0 Å². The average molecular weight is 431 g/mol. The van der Waals surface area contributed by atoms with Crippen molar-refractivity contribution < 1.29 is 18.0 Å². The van der Waals surface area contributed by atoms with E-state index in [0.717, 1.165) is 0 Å². The van der Waals surface area contributed by atoms with Gasteiger partial charge in [-0.15, -0.1) is 6.58 Å². The number of benzene rings is 2. The number of carbonyl (C=O) groups is 2. The van der Waals surface area contributed by atoms with Gasteiger partial charge < -0.3 is 16.0 Å². The number of nitrogens with one attached hydrogen (secondary N) is 4. The molecule has 0 bridgehead atoms. The predicted octanol–water partition coefficient (Wildman–Crippen LogP) is 3.07. The second-order valence-corrected chi connectivity index (χ2v) is 8.65. The van der Waals surface area contributed by atoms with Crippen LogP contribution in [0.3, 0.4) is 0 Å². The molecule has 0 fully saturated rings. The number of hydrogen-bond donors (Lipinski definition) is 4. The van der Waals surface area contributed by atoms with Crippen molar-refractivity contribution in [3.63, 3.8) is 0 Å².